The van der Waals surface area contributed by atoms with Crippen molar-refractivity contribution in [2.45, 2.75) is 6.04 Å². The second-order valence-corrected chi connectivity index (χ2v) is 4.28. The number of nitrogens with zero attached hydrogens (tertiary/aromatic N) is 3. The Morgan fingerprint density at radius 1 is 0.842 bits per heavy atom. The second-order valence-electron chi connectivity index (χ2n) is 4.28. The van der Waals surface area contributed by atoms with Crippen molar-refractivity contribution >= 4 is 0 Å². The van der Waals surface area contributed by atoms with E-state index in [0.29, 0.717) is 0 Å². The van der Waals surface area contributed by atoms with Crippen molar-refractivity contribution in [2.24, 2.45) is 0 Å². The summed E-state index contributed by atoms with van der Waals surface area (Å²) in [5.41, 5.74) is 2.19. The summed E-state index contributed by atoms with van der Waals surface area (Å²) in [7, 11) is 0. The molecular weight excluding hydrogens is 238 g/mol. The van der Waals surface area contributed by atoms with Gasteiger partial charge in [-0.3, -0.25) is 0 Å². The van der Waals surface area contributed by atoms with Gasteiger partial charge >= 0.3 is 0 Å². The quantitative estimate of drug-likeness (QED) is 0.778. The molecule has 4 heteroatoms. The molecule has 3 aromatic rings. The van der Waals surface area contributed by atoms with Crippen LogP contribution in [0.2, 0.25) is 0 Å². The Hall–Kier alpha value is -2.62. The molecule has 1 heterocycles. The molecule has 0 saturated carbocycles. The molecule has 0 unspecified atom stereocenters. The van der Waals surface area contributed by atoms with E-state index < -0.39 is 0 Å². The minimum atomic E-state index is -0.0872. The third-order valence-electron chi connectivity index (χ3n) is 2.99. The van der Waals surface area contributed by atoms with Gasteiger partial charge in [0, 0.05) is 0 Å². The number of hydrogen-bond donors (Lipinski definition) is 1. The van der Waals surface area contributed by atoms with E-state index in [-0.39, 0.29) is 11.9 Å². The van der Waals surface area contributed by atoms with E-state index in [1.165, 1.54) is 6.20 Å². The van der Waals surface area contributed by atoms with Crippen LogP contribution in [0, 0.1) is 0 Å². The summed E-state index contributed by atoms with van der Waals surface area (Å²) in [6, 6.07) is 20.0. The van der Waals surface area contributed by atoms with E-state index in [0.717, 1.165) is 11.1 Å². The molecular formula is C15H13N3O. The Balaban J connectivity index is 2.11. The van der Waals surface area contributed by atoms with Gasteiger partial charge in [0.15, 0.2) is 0 Å². The largest absolute Gasteiger partial charge is 0.491 e. The molecule has 3 rings (SSSR count). The maximum Gasteiger partial charge on any atom is 0.251 e. The molecule has 19 heavy (non-hydrogen) atoms. The average Bonchev–Trinajstić information content (AvgIpc) is 2.88. The summed E-state index contributed by atoms with van der Waals surface area (Å²) in [5, 5.41) is 17.0. The molecule has 0 spiro atoms. The van der Waals surface area contributed by atoms with Gasteiger partial charge in [0.1, 0.15) is 6.04 Å². The zero-order valence-corrected chi connectivity index (χ0v) is 10.2. The van der Waals surface area contributed by atoms with Crippen LogP contribution in [0.25, 0.3) is 0 Å². The summed E-state index contributed by atoms with van der Waals surface area (Å²) in [4.78, 5) is 0. The Kier molecular flexibility index (Phi) is 2.98. The van der Waals surface area contributed by atoms with Gasteiger partial charge in [0.25, 0.3) is 5.88 Å². The third-order valence-corrected chi connectivity index (χ3v) is 2.99. The highest BCUT2D eigenvalue weighted by Crippen LogP contribution is 2.26. The first-order chi connectivity index (χ1) is 9.34. The van der Waals surface area contributed by atoms with E-state index in [4.69, 9.17) is 0 Å². The number of rotatable bonds is 3. The molecule has 2 aromatic carbocycles. The SMILES string of the molecule is Oc1cn(C(c2ccccc2)c2ccccc2)nn1. The first-order valence-corrected chi connectivity index (χ1v) is 6.05. The van der Waals surface area contributed by atoms with Crippen LogP contribution in [-0.2, 0) is 0 Å². The van der Waals surface area contributed by atoms with Gasteiger partial charge in [0.2, 0.25) is 0 Å². The fourth-order valence-electron chi connectivity index (χ4n) is 2.16. The first-order valence-electron chi connectivity index (χ1n) is 6.05. The van der Waals surface area contributed by atoms with Crippen molar-refractivity contribution in [3.8, 4) is 5.88 Å². The number of hydrogen-bond acceptors (Lipinski definition) is 3. The highest BCUT2D eigenvalue weighted by atomic mass is 16.3. The van der Waals surface area contributed by atoms with Crippen molar-refractivity contribution in [1.82, 2.24) is 15.0 Å². The lowest BCUT2D eigenvalue weighted by atomic mass is 9.99. The lowest BCUT2D eigenvalue weighted by Crippen LogP contribution is -2.12. The van der Waals surface area contributed by atoms with Gasteiger partial charge in [-0.15, -0.1) is 0 Å². The van der Waals surface area contributed by atoms with Gasteiger partial charge in [-0.25, -0.2) is 4.68 Å². The fraction of sp³-hybridized carbons (Fsp3) is 0.0667. The Labute approximate surface area is 111 Å². The van der Waals surface area contributed by atoms with Crippen LogP contribution in [0.1, 0.15) is 17.2 Å². The lowest BCUT2D eigenvalue weighted by molar-refractivity contribution is 0.452. The van der Waals surface area contributed by atoms with Crippen LogP contribution >= 0.6 is 0 Å². The summed E-state index contributed by atoms with van der Waals surface area (Å²) in [6.45, 7) is 0. The van der Waals surface area contributed by atoms with Crippen molar-refractivity contribution < 1.29 is 5.11 Å². The molecule has 0 bridgehead atoms. The fourth-order valence-corrected chi connectivity index (χ4v) is 2.16. The van der Waals surface area contributed by atoms with Crippen molar-refractivity contribution in [1.29, 1.82) is 0 Å². The van der Waals surface area contributed by atoms with E-state index in [2.05, 4.69) is 10.3 Å². The number of benzene rings is 2. The molecule has 0 radical (unpaired) electrons. The van der Waals surface area contributed by atoms with Crippen molar-refractivity contribution in [3.05, 3.63) is 78.0 Å². The number of aromatic hydroxyl groups is 1. The van der Waals surface area contributed by atoms with E-state index in [9.17, 15) is 5.11 Å². The smallest absolute Gasteiger partial charge is 0.251 e. The molecule has 0 aliphatic carbocycles. The maximum atomic E-state index is 9.40. The van der Waals surface area contributed by atoms with Crippen LogP contribution in [0.4, 0.5) is 0 Å². The molecule has 0 saturated heterocycles. The van der Waals surface area contributed by atoms with Gasteiger partial charge in [-0.2, -0.15) is 0 Å². The topological polar surface area (TPSA) is 50.9 Å². The first kappa shape index (κ1) is 11.5. The second kappa shape index (κ2) is 4.94. The van der Waals surface area contributed by atoms with Crippen LogP contribution < -0.4 is 0 Å². The average molecular weight is 251 g/mol. The van der Waals surface area contributed by atoms with Crippen LogP contribution in [-0.4, -0.2) is 20.1 Å². The van der Waals surface area contributed by atoms with Crippen LogP contribution in [0.3, 0.4) is 0 Å². The van der Waals surface area contributed by atoms with E-state index in [1.807, 2.05) is 60.7 Å². The molecule has 0 atom stereocenters. The van der Waals surface area contributed by atoms with Gasteiger partial charge in [-0.05, 0) is 11.1 Å². The summed E-state index contributed by atoms with van der Waals surface area (Å²) < 4.78 is 1.67. The zero-order valence-electron chi connectivity index (χ0n) is 10.2. The van der Waals surface area contributed by atoms with Gasteiger partial charge < -0.3 is 5.11 Å². The summed E-state index contributed by atoms with van der Waals surface area (Å²) >= 11 is 0. The predicted octanol–water partition coefficient (Wildman–Crippen LogP) is 2.62. The minimum Gasteiger partial charge on any atom is -0.491 e. The molecule has 0 aliphatic rings. The number of aromatic nitrogens is 3. The van der Waals surface area contributed by atoms with Crippen molar-refractivity contribution in [2.75, 3.05) is 0 Å². The Morgan fingerprint density at radius 3 is 1.79 bits per heavy atom. The minimum absolute atomic E-state index is 0.0723. The van der Waals surface area contributed by atoms with Gasteiger partial charge in [-0.1, -0.05) is 71.0 Å². The Morgan fingerprint density at radius 2 is 1.37 bits per heavy atom. The highest BCUT2D eigenvalue weighted by molar-refractivity contribution is 5.32. The summed E-state index contributed by atoms with van der Waals surface area (Å²) in [6.07, 6.45) is 1.53. The molecule has 4 nitrogen and oxygen atoms in total. The Bertz CT molecular complexity index is 610. The molecule has 0 fully saturated rings. The zero-order chi connectivity index (χ0) is 13.1. The van der Waals surface area contributed by atoms with Crippen LogP contribution in [0.15, 0.2) is 66.9 Å². The normalized spacial score (nSPS) is 10.8. The van der Waals surface area contributed by atoms with Crippen LogP contribution in [0.5, 0.6) is 5.88 Å². The van der Waals surface area contributed by atoms with Crippen molar-refractivity contribution in [3.63, 3.8) is 0 Å². The maximum absolute atomic E-state index is 9.40. The molecule has 1 aromatic heterocycles. The van der Waals surface area contributed by atoms with E-state index >= 15 is 0 Å². The third kappa shape index (κ3) is 2.33. The van der Waals surface area contributed by atoms with Gasteiger partial charge in [0.05, 0.1) is 6.20 Å². The molecule has 1 N–H and O–H groups in total. The molecule has 0 amide bonds. The molecule has 94 valence electrons. The van der Waals surface area contributed by atoms with E-state index in [1.54, 1.807) is 4.68 Å². The molecule has 0 aliphatic heterocycles. The highest BCUT2D eigenvalue weighted by Gasteiger charge is 2.17. The monoisotopic (exact) mass is 251 g/mol. The standard InChI is InChI=1S/C15H13N3O/c19-14-11-18(17-16-14)15(12-7-3-1-4-8-12)13-9-5-2-6-10-13/h1-11,15,19H. The predicted molar refractivity (Wildman–Crippen MR) is 71.8 cm³/mol. The summed E-state index contributed by atoms with van der Waals surface area (Å²) in [5.74, 6) is -0.0723. The lowest BCUT2D eigenvalue weighted by Gasteiger charge is -2.17.